The van der Waals surface area contributed by atoms with Crippen molar-refractivity contribution >= 4 is 29.0 Å². The fourth-order valence-corrected chi connectivity index (χ4v) is 1.90. The highest BCUT2D eigenvalue weighted by atomic mass is 16.5. The van der Waals surface area contributed by atoms with E-state index in [1.807, 2.05) is 0 Å². The number of nitrogens with one attached hydrogen (secondary N) is 3. The van der Waals surface area contributed by atoms with Crippen LogP contribution in [0.1, 0.15) is 30.1 Å². The summed E-state index contributed by atoms with van der Waals surface area (Å²) in [5, 5.41) is 5.29. The van der Waals surface area contributed by atoms with E-state index in [1.54, 1.807) is 18.2 Å². The van der Waals surface area contributed by atoms with Gasteiger partial charge in [0.15, 0.2) is 0 Å². The predicted molar refractivity (Wildman–Crippen MR) is 79.4 cm³/mol. The Bertz CT molecular complexity index is 651. The molecule has 0 atom stereocenters. The third kappa shape index (κ3) is 3.50. The molecule has 0 saturated heterocycles. The van der Waals surface area contributed by atoms with E-state index in [0.29, 0.717) is 23.1 Å². The number of aromatic nitrogens is 2. The molecule has 0 unspecified atom stereocenters. The number of amides is 2. The van der Waals surface area contributed by atoms with Crippen molar-refractivity contribution in [1.82, 2.24) is 15.3 Å². The van der Waals surface area contributed by atoms with Gasteiger partial charge in [-0.1, -0.05) is 19.4 Å². The molecule has 0 saturated carbocycles. The summed E-state index contributed by atoms with van der Waals surface area (Å²) >= 11 is 0. The van der Waals surface area contributed by atoms with Crippen molar-refractivity contribution in [1.29, 1.82) is 0 Å². The first-order chi connectivity index (χ1) is 10.2. The highest BCUT2D eigenvalue weighted by Crippen LogP contribution is 2.18. The smallest absolute Gasteiger partial charge is 0.413 e. The molecule has 2 rings (SSSR count). The van der Waals surface area contributed by atoms with Crippen LogP contribution in [0.25, 0.3) is 11.0 Å². The van der Waals surface area contributed by atoms with Gasteiger partial charge in [-0.05, 0) is 18.6 Å². The van der Waals surface area contributed by atoms with Crippen LogP contribution in [0.4, 0.5) is 10.7 Å². The van der Waals surface area contributed by atoms with Crippen molar-refractivity contribution in [2.75, 3.05) is 19.0 Å². The van der Waals surface area contributed by atoms with E-state index in [2.05, 4.69) is 32.3 Å². The minimum atomic E-state index is -0.622. The van der Waals surface area contributed by atoms with Gasteiger partial charge in [-0.3, -0.25) is 10.1 Å². The summed E-state index contributed by atoms with van der Waals surface area (Å²) in [4.78, 5) is 30.5. The van der Waals surface area contributed by atoms with Crippen LogP contribution >= 0.6 is 0 Å². The number of ether oxygens (including phenoxy) is 1. The minimum Gasteiger partial charge on any atom is -0.453 e. The van der Waals surface area contributed by atoms with Crippen molar-refractivity contribution in [2.45, 2.75) is 19.8 Å². The topological polar surface area (TPSA) is 96.1 Å². The SMILES string of the molecule is CCCCNC(=O)c1cccc2[nH]c(NC(=O)OC)nc12. The second kappa shape index (κ2) is 6.74. The predicted octanol–water partition coefficient (Wildman–Crippen LogP) is 2.27. The number of unbranched alkanes of at least 4 members (excludes halogenated alkanes) is 1. The standard InChI is InChI=1S/C14H18N4O3/c1-3-4-8-15-12(19)9-6-5-7-10-11(9)17-13(16-10)18-14(20)21-2/h5-7H,3-4,8H2,1-2H3,(H,15,19)(H2,16,17,18,20). The molecule has 2 aromatic rings. The molecule has 3 N–H and O–H groups in total. The first-order valence-corrected chi connectivity index (χ1v) is 6.77. The molecule has 0 aliphatic rings. The molecule has 1 heterocycles. The zero-order valence-corrected chi connectivity index (χ0v) is 12.0. The van der Waals surface area contributed by atoms with E-state index < -0.39 is 6.09 Å². The van der Waals surface area contributed by atoms with Gasteiger partial charge >= 0.3 is 6.09 Å². The molecule has 2 amide bonds. The van der Waals surface area contributed by atoms with Crippen LogP contribution in [-0.4, -0.2) is 35.6 Å². The molecule has 1 aromatic heterocycles. The van der Waals surface area contributed by atoms with Gasteiger partial charge in [-0.2, -0.15) is 0 Å². The summed E-state index contributed by atoms with van der Waals surface area (Å²) in [7, 11) is 1.27. The van der Waals surface area contributed by atoms with Crippen LogP contribution in [-0.2, 0) is 4.74 Å². The Morgan fingerprint density at radius 3 is 2.90 bits per heavy atom. The van der Waals surface area contributed by atoms with Crippen LogP contribution in [0.3, 0.4) is 0 Å². The van der Waals surface area contributed by atoms with Gasteiger partial charge in [0.05, 0.1) is 18.2 Å². The van der Waals surface area contributed by atoms with Crippen LogP contribution < -0.4 is 10.6 Å². The first-order valence-electron chi connectivity index (χ1n) is 6.77. The summed E-state index contributed by atoms with van der Waals surface area (Å²) < 4.78 is 4.50. The number of anilines is 1. The lowest BCUT2D eigenvalue weighted by Gasteiger charge is -2.04. The Labute approximate surface area is 122 Å². The van der Waals surface area contributed by atoms with Crippen molar-refractivity contribution in [3.8, 4) is 0 Å². The maximum Gasteiger partial charge on any atom is 0.413 e. The van der Waals surface area contributed by atoms with Crippen LogP contribution in [0.2, 0.25) is 0 Å². The van der Waals surface area contributed by atoms with Crippen LogP contribution in [0.5, 0.6) is 0 Å². The fourth-order valence-electron chi connectivity index (χ4n) is 1.90. The molecule has 112 valence electrons. The maximum atomic E-state index is 12.1. The Hall–Kier alpha value is -2.57. The third-order valence-electron chi connectivity index (χ3n) is 2.98. The number of hydrogen-bond donors (Lipinski definition) is 3. The van der Waals surface area contributed by atoms with Crippen molar-refractivity contribution < 1.29 is 14.3 Å². The van der Waals surface area contributed by atoms with E-state index in [9.17, 15) is 9.59 Å². The molecule has 0 spiro atoms. The van der Waals surface area contributed by atoms with Gasteiger partial charge in [-0.25, -0.2) is 9.78 Å². The van der Waals surface area contributed by atoms with Gasteiger partial charge in [0.2, 0.25) is 5.95 Å². The van der Waals surface area contributed by atoms with E-state index in [0.717, 1.165) is 12.8 Å². The Morgan fingerprint density at radius 1 is 1.38 bits per heavy atom. The molecule has 1 aromatic carbocycles. The Balaban J connectivity index is 2.24. The minimum absolute atomic E-state index is 0.176. The van der Waals surface area contributed by atoms with Crippen LogP contribution in [0, 0.1) is 0 Å². The number of carbonyl (C=O) groups is 2. The summed E-state index contributed by atoms with van der Waals surface area (Å²) in [5.74, 6) is 0.0656. The average molecular weight is 290 g/mol. The molecule has 7 heteroatoms. The van der Waals surface area contributed by atoms with Gasteiger partial charge < -0.3 is 15.0 Å². The highest BCUT2D eigenvalue weighted by Gasteiger charge is 2.14. The number of fused-ring (bicyclic) bond motifs is 1. The van der Waals surface area contributed by atoms with Crippen molar-refractivity contribution in [2.24, 2.45) is 0 Å². The van der Waals surface area contributed by atoms with Gasteiger partial charge in [0.1, 0.15) is 5.52 Å². The number of aromatic amines is 1. The Kier molecular flexibility index (Phi) is 4.76. The number of benzene rings is 1. The maximum absolute atomic E-state index is 12.1. The lowest BCUT2D eigenvalue weighted by molar-refractivity contribution is 0.0954. The second-order valence-electron chi connectivity index (χ2n) is 4.51. The average Bonchev–Trinajstić information content (AvgIpc) is 2.89. The van der Waals surface area contributed by atoms with E-state index in [4.69, 9.17) is 0 Å². The molecule has 7 nitrogen and oxygen atoms in total. The number of imidazole rings is 1. The van der Waals surface area contributed by atoms with Crippen molar-refractivity contribution in [3.05, 3.63) is 23.8 Å². The number of rotatable bonds is 5. The van der Waals surface area contributed by atoms with E-state index in [1.165, 1.54) is 7.11 Å². The molecule has 0 aliphatic heterocycles. The number of hydrogen-bond acceptors (Lipinski definition) is 4. The number of carbonyl (C=O) groups excluding carboxylic acids is 2. The lowest BCUT2D eigenvalue weighted by atomic mass is 10.1. The third-order valence-corrected chi connectivity index (χ3v) is 2.98. The van der Waals surface area contributed by atoms with Crippen LogP contribution in [0.15, 0.2) is 18.2 Å². The Morgan fingerprint density at radius 2 is 2.19 bits per heavy atom. The molecule has 0 aliphatic carbocycles. The summed E-state index contributed by atoms with van der Waals surface area (Å²) in [6.45, 7) is 2.69. The van der Waals surface area contributed by atoms with E-state index >= 15 is 0 Å². The lowest BCUT2D eigenvalue weighted by Crippen LogP contribution is -2.24. The quantitative estimate of drug-likeness (QED) is 0.736. The van der Waals surface area contributed by atoms with E-state index in [-0.39, 0.29) is 11.9 Å². The van der Waals surface area contributed by atoms with Gasteiger partial charge in [0.25, 0.3) is 5.91 Å². The summed E-state index contributed by atoms with van der Waals surface area (Å²) in [5.41, 5.74) is 1.65. The van der Waals surface area contributed by atoms with Gasteiger partial charge in [0, 0.05) is 6.54 Å². The summed E-state index contributed by atoms with van der Waals surface area (Å²) in [6, 6.07) is 5.25. The van der Waals surface area contributed by atoms with Crippen molar-refractivity contribution in [3.63, 3.8) is 0 Å². The highest BCUT2D eigenvalue weighted by molar-refractivity contribution is 6.05. The number of methoxy groups -OCH3 is 1. The monoisotopic (exact) mass is 290 g/mol. The molecular formula is C14H18N4O3. The summed E-state index contributed by atoms with van der Waals surface area (Å²) in [6.07, 6.45) is 1.32. The first kappa shape index (κ1) is 14.8. The zero-order valence-electron chi connectivity index (χ0n) is 12.0. The number of H-pyrrole nitrogens is 1. The molecule has 21 heavy (non-hydrogen) atoms. The normalized spacial score (nSPS) is 10.4. The fraction of sp³-hybridized carbons (Fsp3) is 0.357. The zero-order chi connectivity index (χ0) is 15.2. The molecule has 0 fully saturated rings. The van der Waals surface area contributed by atoms with Gasteiger partial charge in [-0.15, -0.1) is 0 Å². The second-order valence-corrected chi connectivity index (χ2v) is 4.51. The largest absolute Gasteiger partial charge is 0.453 e. The molecule has 0 bridgehead atoms. The number of para-hydroxylation sites is 1. The number of nitrogens with zero attached hydrogens (tertiary/aromatic N) is 1. The molecule has 0 radical (unpaired) electrons. The molecular weight excluding hydrogens is 272 g/mol.